The van der Waals surface area contributed by atoms with Crippen LogP contribution in [0.2, 0.25) is 5.02 Å². The minimum atomic E-state index is -4.96. The molecule has 0 amide bonds. The number of nitrogens with zero attached hydrogens (tertiary/aromatic N) is 5. The highest BCUT2D eigenvalue weighted by Crippen LogP contribution is 2.46. The van der Waals surface area contributed by atoms with E-state index in [1.165, 1.54) is 4.90 Å². The summed E-state index contributed by atoms with van der Waals surface area (Å²) in [4.78, 5) is 17.1. The molecule has 0 radical (unpaired) electrons. The Bertz CT molecular complexity index is 1630. The normalized spacial score (nSPS) is 26.5. The van der Waals surface area contributed by atoms with Gasteiger partial charge in [0.1, 0.15) is 23.6 Å². The van der Waals surface area contributed by atoms with E-state index in [1.54, 1.807) is 6.92 Å². The summed E-state index contributed by atoms with van der Waals surface area (Å²) in [5.41, 5.74) is 2.67. The molecule has 3 unspecified atom stereocenters. The minimum Gasteiger partial charge on any atom is -0.461 e. The summed E-state index contributed by atoms with van der Waals surface area (Å²) >= 11 is 5.99. The quantitative estimate of drug-likeness (QED) is 0.215. The lowest BCUT2D eigenvalue weighted by molar-refractivity contribution is -0.137. The number of piperazine rings is 1. The maximum atomic E-state index is 16.6. The van der Waals surface area contributed by atoms with Gasteiger partial charge in [0.05, 0.1) is 39.8 Å². The lowest BCUT2D eigenvalue weighted by Gasteiger charge is -2.42. The second-order valence-corrected chi connectivity index (χ2v) is 12.7. The van der Waals surface area contributed by atoms with Gasteiger partial charge in [-0.3, -0.25) is 10.2 Å². The summed E-state index contributed by atoms with van der Waals surface area (Å²) in [5, 5.41) is 1.63. The van der Waals surface area contributed by atoms with Crippen molar-refractivity contribution in [1.29, 1.82) is 0 Å². The predicted molar refractivity (Wildman–Crippen MR) is 152 cm³/mol. The van der Waals surface area contributed by atoms with Crippen LogP contribution >= 0.6 is 11.6 Å². The fraction of sp³-hybridized carbons (Fsp3) is 0.552. The zero-order valence-corrected chi connectivity index (χ0v) is 24.5. The Morgan fingerprint density at radius 1 is 1.14 bits per heavy atom. The van der Waals surface area contributed by atoms with Gasteiger partial charge in [-0.1, -0.05) is 18.5 Å². The second kappa shape index (κ2) is 10.5. The van der Waals surface area contributed by atoms with Crippen molar-refractivity contribution in [2.45, 2.75) is 69.4 Å². The van der Waals surface area contributed by atoms with Gasteiger partial charge in [-0.2, -0.15) is 23.1 Å². The molecular weight excluding hydrogens is 612 g/mol. The summed E-state index contributed by atoms with van der Waals surface area (Å²) in [6.45, 7) is 3.49. The van der Waals surface area contributed by atoms with Crippen molar-refractivity contribution < 1.29 is 31.1 Å². The van der Waals surface area contributed by atoms with Gasteiger partial charge < -0.3 is 15.4 Å². The van der Waals surface area contributed by atoms with Crippen LogP contribution in [-0.2, 0) is 12.6 Å². The van der Waals surface area contributed by atoms with Crippen molar-refractivity contribution in [3.05, 3.63) is 34.2 Å². The summed E-state index contributed by atoms with van der Waals surface area (Å²) in [6, 6.07) is 0.733. The van der Waals surface area contributed by atoms with Crippen LogP contribution in [0.5, 0.6) is 6.01 Å². The van der Waals surface area contributed by atoms with Crippen LogP contribution in [0.15, 0.2) is 12.1 Å². The van der Waals surface area contributed by atoms with Crippen molar-refractivity contribution in [2.75, 3.05) is 36.9 Å². The number of fused-ring (bicyclic) bond motifs is 3. The third-order valence-electron chi connectivity index (χ3n) is 9.48. The van der Waals surface area contributed by atoms with Crippen molar-refractivity contribution in [3.63, 3.8) is 0 Å². The largest absolute Gasteiger partial charge is 0.461 e. The van der Waals surface area contributed by atoms with Crippen LogP contribution in [0.4, 0.5) is 37.8 Å². The number of rotatable bonds is 4. The Kier molecular flexibility index (Phi) is 7.05. The molecule has 1 aromatic carbocycles. The molecular formula is C29H30ClF6N7O. The number of hydrogen-bond acceptors (Lipinski definition) is 8. The van der Waals surface area contributed by atoms with Gasteiger partial charge in [-0.05, 0) is 63.2 Å². The Morgan fingerprint density at radius 3 is 2.57 bits per heavy atom. The van der Waals surface area contributed by atoms with Crippen molar-refractivity contribution in [3.8, 4) is 17.3 Å². The monoisotopic (exact) mass is 641 g/mol. The number of alkyl halides is 5. The molecule has 8 nitrogen and oxygen atoms in total. The number of ether oxygens (including phenoxy) is 1. The molecule has 4 aliphatic rings. The van der Waals surface area contributed by atoms with E-state index >= 15 is 8.78 Å². The molecule has 6 heterocycles. The van der Waals surface area contributed by atoms with Crippen LogP contribution in [0, 0.1) is 11.7 Å². The first-order valence-electron chi connectivity index (χ1n) is 14.6. The summed E-state index contributed by atoms with van der Waals surface area (Å²) in [7, 11) is 0. The molecule has 3 saturated heterocycles. The first-order valence-corrected chi connectivity index (χ1v) is 15.0. The molecule has 0 saturated carbocycles. The molecule has 2 aromatic heterocycles. The van der Waals surface area contributed by atoms with Crippen molar-refractivity contribution in [1.82, 2.24) is 25.2 Å². The Balaban J connectivity index is 1.45. The van der Waals surface area contributed by atoms with E-state index in [-0.39, 0.29) is 59.2 Å². The topological polar surface area (TPSA) is 92.4 Å². The highest BCUT2D eigenvalue weighted by atomic mass is 35.5. The third kappa shape index (κ3) is 4.71. The van der Waals surface area contributed by atoms with Gasteiger partial charge in [0.25, 0.3) is 0 Å². The Labute approximate surface area is 253 Å². The van der Waals surface area contributed by atoms with E-state index in [2.05, 4.69) is 25.2 Å². The molecule has 3 N–H and O–H groups in total. The number of pyridine rings is 1. The van der Waals surface area contributed by atoms with E-state index in [0.717, 1.165) is 50.9 Å². The van der Waals surface area contributed by atoms with E-state index in [9.17, 15) is 17.6 Å². The number of anilines is 2. The first kappa shape index (κ1) is 29.6. The number of nitrogens with two attached hydrogens (primary N) is 1. The smallest absolute Gasteiger partial charge is 0.418 e. The van der Waals surface area contributed by atoms with E-state index < -0.39 is 58.4 Å². The zero-order valence-electron chi connectivity index (χ0n) is 23.7. The number of halogens is 7. The zero-order chi connectivity index (χ0) is 31.1. The lowest BCUT2D eigenvalue weighted by atomic mass is 9.93. The molecule has 15 heteroatoms. The van der Waals surface area contributed by atoms with Gasteiger partial charge in [-0.15, -0.1) is 0 Å². The number of hydrogen-bond donors (Lipinski definition) is 2. The fourth-order valence-electron chi connectivity index (χ4n) is 7.59. The SMILES string of the molecule is C[C@H]1Cc2nc(-c3cc(N)cc(Cl)c3C(F)(F)F)c(F)c3nc(OCC45CCCN4CCC5)nc(c23)N2CC(F)NC(F)C12. The average Bonchev–Trinajstić information content (AvgIpc) is 3.48. The molecule has 44 heavy (non-hydrogen) atoms. The van der Waals surface area contributed by atoms with Gasteiger partial charge in [0.2, 0.25) is 0 Å². The van der Waals surface area contributed by atoms with Gasteiger partial charge in [0.15, 0.2) is 18.4 Å². The van der Waals surface area contributed by atoms with Crippen molar-refractivity contribution in [2.24, 2.45) is 5.92 Å². The predicted octanol–water partition coefficient (Wildman–Crippen LogP) is 5.65. The maximum absolute atomic E-state index is 16.6. The van der Waals surface area contributed by atoms with Crippen LogP contribution in [0.25, 0.3) is 22.2 Å². The van der Waals surface area contributed by atoms with Crippen molar-refractivity contribution >= 4 is 34.0 Å². The van der Waals surface area contributed by atoms with Crippen LogP contribution in [0.3, 0.4) is 0 Å². The Hall–Kier alpha value is -3.10. The number of nitrogen functional groups attached to an aromatic ring is 1. The summed E-state index contributed by atoms with van der Waals surface area (Å²) in [5.74, 6) is -1.69. The molecule has 3 fully saturated rings. The third-order valence-corrected chi connectivity index (χ3v) is 9.78. The minimum absolute atomic E-state index is 0.0213. The molecule has 7 rings (SSSR count). The highest BCUT2D eigenvalue weighted by molar-refractivity contribution is 6.32. The maximum Gasteiger partial charge on any atom is 0.418 e. The molecule has 4 aliphatic heterocycles. The average molecular weight is 642 g/mol. The lowest BCUT2D eigenvalue weighted by Crippen LogP contribution is -2.62. The Morgan fingerprint density at radius 2 is 1.86 bits per heavy atom. The van der Waals surface area contributed by atoms with Gasteiger partial charge in [-0.25, -0.2) is 18.2 Å². The van der Waals surface area contributed by atoms with Gasteiger partial charge >= 0.3 is 12.2 Å². The molecule has 0 aliphatic carbocycles. The highest BCUT2D eigenvalue weighted by Gasteiger charge is 2.47. The molecule has 3 aromatic rings. The molecule has 4 atom stereocenters. The number of benzene rings is 1. The number of nitrogens with one attached hydrogen (secondary N) is 1. The van der Waals surface area contributed by atoms with Crippen LogP contribution < -0.4 is 20.7 Å². The van der Waals surface area contributed by atoms with E-state index in [1.807, 2.05) is 0 Å². The summed E-state index contributed by atoms with van der Waals surface area (Å²) < 4.78 is 95.6. The summed E-state index contributed by atoms with van der Waals surface area (Å²) in [6.07, 6.45) is -4.70. The molecule has 236 valence electrons. The molecule has 0 spiro atoms. The van der Waals surface area contributed by atoms with E-state index in [0.29, 0.717) is 0 Å². The number of aromatic nitrogens is 3. The van der Waals surface area contributed by atoms with Crippen LogP contribution in [-0.4, -0.2) is 70.3 Å². The van der Waals surface area contributed by atoms with Gasteiger partial charge in [0, 0.05) is 11.3 Å². The van der Waals surface area contributed by atoms with Crippen LogP contribution in [0.1, 0.15) is 43.9 Å². The van der Waals surface area contributed by atoms with E-state index in [4.69, 9.17) is 22.1 Å². The standard InChI is InChI=1S/C29H30ClF6N7O/c1-13-8-17-19-23(21(32)22(38-17)15-9-14(37)10-16(30)20(15)29(34,35)36)40-27(44-12-28-4-2-6-42(28)7-3-5-28)41-26(19)43-11-18(31)39-25(33)24(13)43/h9-10,13,18,24-25,39H,2-8,11-12,37H2,1H3/t13-,18?,24?,25?/m0/s1. The second-order valence-electron chi connectivity index (χ2n) is 12.3. The fourth-order valence-corrected chi connectivity index (χ4v) is 7.93. The first-order chi connectivity index (χ1) is 20.9. The molecule has 0 bridgehead atoms.